The standard InChI is InChI=1S/C30H40O3/c1-4-5-6-8-23-10-12-24(13-11-23)25-14-16-26(17-15-25)28-19-18-27(9-7-20-31)29(21-28)33-30(32)22(2)3/h14-19,21,23-24,31H,2,4-13,20H2,1,3H3. The van der Waals surface area contributed by atoms with E-state index in [1.165, 1.54) is 56.9 Å². The molecule has 178 valence electrons. The molecule has 1 saturated carbocycles. The number of esters is 1. The lowest BCUT2D eigenvalue weighted by molar-refractivity contribution is -0.130. The van der Waals surface area contributed by atoms with E-state index in [9.17, 15) is 9.90 Å². The number of aryl methyl sites for hydroxylation is 1. The molecule has 0 radical (unpaired) electrons. The number of hydrogen-bond acceptors (Lipinski definition) is 3. The molecule has 3 nitrogen and oxygen atoms in total. The van der Waals surface area contributed by atoms with E-state index in [2.05, 4.69) is 43.8 Å². The molecule has 3 heteroatoms. The molecule has 0 bridgehead atoms. The van der Waals surface area contributed by atoms with Crippen LogP contribution in [0.5, 0.6) is 5.75 Å². The third kappa shape index (κ3) is 7.30. The Kier molecular flexibility index (Phi) is 9.75. The van der Waals surface area contributed by atoms with Gasteiger partial charge in [0.15, 0.2) is 0 Å². The lowest BCUT2D eigenvalue weighted by Gasteiger charge is -2.29. The van der Waals surface area contributed by atoms with Crippen molar-refractivity contribution in [3.05, 3.63) is 65.7 Å². The Morgan fingerprint density at radius 1 is 1.00 bits per heavy atom. The van der Waals surface area contributed by atoms with Gasteiger partial charge in [-0.2, -0.15) is 0 Å². The highest BCUT2D eigenvalue weighted by atomic mass is 16.5. The Bertz CT molecular complexity index is 905. The number of ether oxygens (including phenoxy) is 1. The van der Waals surface area contributed by atoms with Gasteiger partial charge in [0.05, 0.1) is 0 Å². The molecule has 2 aromatic carbocycles. The summed E-state index contributed by atoms with van der Waals surface area (Å²) in [4.78, 5) is 12.1. The van der Waals surface area contributed by atoms with Crippen molar-refractivity contribution in [3.63, 3.8) is 0 Å². The topological polar surface area (TPSA) is 46.5 Å². The second-order valence-corrected chi connectivity index (χ2v) is 9.65. The molecule has 0 heterocycles. The maximum Gasteiger partial charge on any atom is 0.338 e. The lowest BCUT2D eigenvalue weighted by atomic mass is 9.77. The van der Waals surface area contributed by atoms with Crippen molar-refractivity contribution in [2.75, 3.05) is 6.61 Å². The Hall–Kier alpha value is -2.39. The van der Waals surface area contributed by atoms with Gasteiger partial charge in [-0.3, -0.25) is 0 Å². The van der Waals surface area contributed by atoms with Crippen LogP contribution in [-0.2, 0) is 11.2 Å². The monoisotopic (exact) mass is 448 g/mol. The van der Waals surface area contributed by atoms with Crippen LogP contribution in [0.1, 0.15) is 88.7 Å². The third-order valence-corrected chi connectivity index (χ3v) is 7.00. The van der Waals surface area contributed by atoms with Crippen LogP contribution in [0.3, 0.4) is 0 Å². The van der Waals surface area contributed by atoms with Crippen LogP contribution >= 0.6 is 0 Å². The van der Waals surface area contributed by atoms with E-state index in [-0.39, 0.29) is 6.61 Å². The Balaban J connectivity index is 1.68. The summed E-state index contributed by atoms with van der Waals surface area (Å²) in [5.41, 5.74) is 4.89. The van der Waals surface area contributed by atoms with Gasteiger partial charge in [0.1, 0.15) is 5.75 Å². The number of carbonyl (C=O) groups excluding carboxylic acids is 1. The quantitative estimate of drug-likeness (QED) is 0.166. The van der Waals surface area contributed by atoms with Crippen molar-refractivity contribution in [1.29, 1.82) is 0 Å². The van der Waals surface area contributed by atoms with Gasteiger partial charge in [0.2, 0.25) is 0 Å². The molecular formula is C30H40O3. The minimum absolute atomic E-state index is 0.109. The number of carbonyl (C=O) groups is 1. The first kappa shape index (κ1) is 25.2. The van der Waals surface area contributed by atoms with Crippen molar-refractivity contribution >= 4 is 5.97 Å². The van der Waals surface area contributed by atoms with Crippen molar-refractivity contribution in [3.8, 4) is 16.9 Å². The fraction of sp³-hybridized carbons (Fsp3) is 0.500. The van der Waals surface area contributed by atoms with Gasteiger partial charge in [-0.05, 0) is 85.6 Å². The zero-order valence-corrected chi connectivity index (χ0v) is 20.4. The lowest BCUT2D eigenvalue weighted by Crippen LogP contribution is -2.13. The molecule has 1 N–H and O–H groups in total. The molecule has 0 aliphatic heterocycles. The number of benzene rings is 2. The molecule has 3 rings (SSSR count). The van der Waals surface area contributed by atoms with E-state index in [0.29, 0.717) is 30.1 Å². The zero-order chi connectivity index (χ0) is 23.6. The fourth-order valence-electron chi connectivity index (χ4n) is 4.91. The van der Waals surface area contributed by atoms with Crippen LogP contribution in [0.4, 0.5) is 0 Å². The normalized spacial score (nSPS) is 18.2. The summed E-state index contributed by atoms with van der Waals surface area (Å²) in [6.07, 6.45) is 12.1. The number of hydrogen-bond donors (Lipinski definition) is 1. The van der Waals surface area contributed by atoms with Crippen LogP contribution < -0.4 is 4.74 Å². The zero-order valence-electron chi connectivity index (χ0n) is 20.4. The molecule has 2 aromatic rings. The highest BCUT2D eigenvalue weighted by Crippen LogP contribution is 2.38. The maximum atomic E-state index is 12.1. The Morgan fingerprint density at radius 2 is 1.70 bits per heavy atom. The largest absolute Gasteiger partial charge is 0.423 e. The molecule has 1 fully saturated rings. The number of unbranched alkanes of at least 4 members (excludes halogenated alkanes) is 2. The van der Waals surface area contributed by atoms with E-state index in [0.717, 1.165) is 22.6 Å². The minimum Gasteiger partial charge on any atom is -0.423 e. The van der Waals surface area contributed by atoms with E-state index in [4.69, 9.17) is 4.74 Å². The van der Waals surface area contributed by atoms with E-state index >= 15 is 0 Å². The Morgan fingerprint density at radius 3 is 2.33 bits per heavy atom. The van der Waals surface area contributed by atoms with Crippen molar-refractivity contribution in [1.82, 2.24) is 0 Å². The van der Waals surface area contributed by atoms with Gasteiger partial charge in [0.25, 0.3) is 0 Å². The van der Waals surface area contributed by atoms with Crippen molar-refractivity contribution in [2.24, 2.45) is 5.92 Å². The average Bonchev–Trinajstić information content (AvgIpc) is 2.84. The second kappa shape index (κ2) is 12.7. The van der Waals surface area contributed by atoms with Gasteiger partial charge in [-0.25, -0.2) is 4.79 Å². The summed E-state index contributed by atoms with van der Waals surface area (Å²) < 4.78 is 5.61. The average molecular weight is 449 g/mol. The van der Waals surface area contributed by atoms with Crippen molar-refractivity contribution in [2.45, 2.75) is 84.0 Å². The first-order valence-corrected chi connectivity index (χ1v) is 12.7. The summed E-state index contributed by atoms with van der Waals surface area (Å²) in [6, 6.07) is 14.9. The SMILES string of the molecule is C=C(C)C(=O)Oc1cc(-c2ccc(C3CCC(CCCCC)CC3)cc2)ccc1CCCO. The summed E-state index contributed by atoms with van der Waals surface area (Å²) in [5.74, 6) is 1.74. The predicted octanol–water partition coefficient (Wildman–Crippen LogP) is 7.61. The maximum absolute atomic E-state index is 12.1. The molecule has 0 aromatic heterocycles. The van der Waals surface area contributed by atoms with Crippen molar-refractivity contribution < 1.29 is 14.6 Å². The summed E-state index contributed by atoms with van der Waals surface area (Å²) in [6.45, 7) is 7.72. The highest BCUT2D eigenvalue weighted by molar-refractivity contribution is 5.89. The molecule has 33 heavy (non-hydrogen) atoms. The molecule has 0 unspecified atom stereocenters. The van der Waals surface area contributed by atoms with Crippen LogP contribution in [0, 0.1) is 5.92 Å². The molecule has 0 spiro atoms. The summed E-state index contributed by atoms with van der Waals surface area (Å²) in [7, 11) is 0. The summed E-state index contributed by atoms with van der Waals surface area (Å²) >= 11 is 0. The van der Waals surface area contributed by atoms with Gasteiger partial charge >= 0.3 is 5.97 Å². The first-order chi connectivity index (χ1) is 16.0. The van der Waals surface area contributed by atoms with Gasteiger partial charge in [0, 0.05) is 12.2 Å². The van der Waals surface area contributed by atoms with Crippen LogP contribution in [0.15, 0.2) is 54.6 Å². The molecule has 0 amide bonds. The second-order valence-electron chi connectivity index (χ2n) is 9.65. The minimum atomic E-state index is -0.418. The highest BCUT2D eigenvalue weighted by Gasteiger charge is 2.22. The molecular weight excluding hydrogens is 408 g/mol. The molecule has 1 aliphatic rings. The first-order valence-electron chi connectivity index (χ1n) is 12.7. The van der Waals surface area contributed by atoms with E-state index < -0.39 is 5.97 Å². The van der Waals surface area contributed by atoms with Gasteiger partial charge in [-0.1, -0.05) is 75.6 Å². The number of rotatable bonds is 11. The van der Waals surface area contributed by atoms with E-state index in [1.807, 2.05) is 12.1 Å². The number of aliphatic hydroxyl groups is 1. The molecule has 0 atom stereocenters. The van der Waals surface area contributed by atoms with Crippen LogP contribution in [0.25, 0.3) is 11.1 Å². The van der Waals surface area contributed by atoms with Gasteiger partial charge in [-0.15, -0.1) is 0 Å². The number of aliphatic hydroxyl groups excluding tert-OH is 1. The fourth-order valence-corrected chi connectivity index (χ4v) is 4.91. The van der Waals surface area contributed by atoms with Crippen LogP contribution in [-0.4, -0.2) is 17.7 Å². The van der Waals surface area contributed by atoms with Crippen LogP contribution in [0.2, 0.25) is 0 Å². The predicted molar refractivity (Wildman–Crippen MR) is 137 cm³/mol. The molecule has 0 saturated heterocycles. The summed E-state index contributed by atoms with van der Waals surface area (Å²) in [5, 5.41) is 9.20. The van der Waals surface area contributed by atoms with E-state index in [1.54, 1.807) is 6.92 Å². The van der Waals surface area contributed by atoms with Gasteiger partial charge < -0.3 is 9.84 Å². The smallest absolute Gasteiger partial charge is 0.338 e. The molecule has 1 aliphatic carbocycles. The third-order valence-electron chi connectivity index (χ3n) is 7.00. The Labute approximate surface area is 199 Å².